The molecule has 1 aromatic rings. The lowest BCUT2D eigenvalue weighted by molar-refractivity contribution is 0.0965. The minimum Gasteiger partial charge on any atom is -0.348 e. The fourth-order valence-corrected chi connectivity index (χ4v) is 1.72. The zero-order valence-corrected chi connectivity index (χ0v) is 8.05. The summed E-state index contributed by atoms with van der Waals surface area (Å²) in [7, 11) is 0. The van der Waals surface area contributed by atoms with Gasteiger partial charge in [-0.25, -0.2) is 0 Å². The standard InChI is InChI=1S/C11H14N2O/c12-5-1-2-8-3-4-9-7-13-11(14)10(9)6-8/h3-4,6H,1-2,5,7,12H2,(H,13,14). The first-order chi connectivity index (χ1) is 6.81. The quantitative estimate of drug-likeness (QED) is 0.741. The molecule has 0 atom stereocenters. The molecule has 0 fully saturated rings. The molecule has 1 heterocycles. The number of nitrogens with one attached hydrogen (secondary N) is 1. The summed E-state index contributed by atoms with van der Waals surface area (Å²) < 4.78 is 0. The highest BCUT2D eigenvalue weighted by atomic mass is 16.1. The minimum atomic E-state index is 0.0506. The summed E-state index contributed by atoms with van der Waals surface area (Å²) in [6.45, 7) is 1.37. The van der Waals surface area contributed by atoms with Gasteiger partial charge in [0.1, 0.15) is 0 Å². The molecule has 0 radical (unpaired) electrons. The first kappa shape index (κ1) is 9.21. The Labute approximate surface area is 83.3 Å². The molecule has 1 aromatic carbocycles. The van der Waals surface area contributed by atoms with Crippen molar-refractivity contribution in [2.75, 3.05) is 6.54 Å². The summed E-state index contributed by atoms with van der Waals surface area (Å²) in [4.78, 5) is 11.4. The Morgan fingerprint density at radius 3 is 3.07 bits per heavy atom. The predicted molar refractivity (Wildman–Crippen MR) is 55.0 cm³/mol. The molecule has 1 aliphatic rings. The zero-order valence-electron chi connectivity index (χ0n) is 8.05. The van der Waals surface area contributed by atoms with Gasteiger partial charge in [-0.15, -0.1) is 0 Å². The SMILES string of the molecule is NCCCc1ccc2c(c1)C(=O)NC2. The number of benzene rings is 1. The Bertz CT molecular complexity index is 360. The van der Waals surface area contributed by atoms with Crippen LogP contribution in [0.2, 0.25) is 0 Å². The number of carbonyl (C=O) groups is 1. The van der Waals surface area contributed by atoms with Crippen molar-refractivity contribution in [3.8, 4) is 0 Å². The third kappa shape index (κ3) is 1.63. The van der Waals surface area contributed by atoms with E-state index in [9.17, 15) is 4.79 Å². The van der Waals surface area contributed by atoms with Crippen LogP contribution in [0.25, 0.3) is 0 Å². The largest absolute Gasteiger partial charge is 0.348 e. The van der Waals surface area contributed by atoms with Gasteiger partial charge in [-0.05, 0) is 36.6 Å². The molecule has 0 unspecified atom stereocenters. The third-order valence-electron chi connectivity index (χ3n) is 2.53. The van der Waals surface area contributed by atoms with Crippen molar-refractivity contribution in [3.05, 3.63) is 34.9 Å². The highest BCUT2D eigenvalue weighted by Gasteiger charge is 2.18. The summed E-state index contributed by atoms with van der Waals surface area (Å²) in [5.74, 6) is 0.0506. The van der Waals surface area contributed by atoms with Gasteiger partial charge in [-0.3, -0.25) is 4.79 Å². The molecule has 0 aliphatic carbocycles. The highest BCUT2D eigenvalue weighted by molar-refractivity contribution is 5.98. The first-order valence-corrected chi connectivity index (χ1v) is 4.91. The Morgan fingerprint density at radius 2 is 2.29 bits per heavy atom. The maximum atomic E-state index is 11.4. The lowest BCUT2D eigenvalue weighted by Crippen LogP contribution is -2.12. The number of aryl methyl sites for hydroxylation is 1. The van der Waals surface area contributed by atoms with Crippen molar-refractivity contribution in [2.24, 2.45) is 5.73 Å². The molecule has 1 aliphatic heterocycles. The number of nitrogens with two attached hydrogens (primary N) is 1. The Kier molecular flexibility index (Phi) is 2.50. The molecule has 0 saturated carbocycles. The Balaban J connectivity index is 2.21. The summed E-state index contributed by atoms with van der Waals surface area (Å²) in [6.07, 6.45) is 1.93. The second-order valence-electron chi connectivity index (χ2n) is 3.57. The molecule has 0 aromatic heterocycles. The van der Waals surface area contributed by atoms with E-state index in [0.29, 0.717) is 13.1 Å². The van der Waals surface area contributed by atoms with Gasteiger partial charge in [-0.1, -0.05) is 12.1 Å². The van der Waals surface area contributed by atoms with Crippen LogP contribution < -0.4 is 11.1 Å². The summed E-state index contributed by atoms with van der Waals surface area (Å²) in [6, 6.07) is 6.08. The van der Waals surface area contributed by atoms with Crippen molar-refractivity contribution < 1.29 is 4.79 Å². The first-order valence-electron chi connectivity index (χ1n) is 4.91. The van der Waals surface area contributed by atoms with E-state index in [1.807, 2.05) is 12.1 Å². The molecule has 0 bridgehead atoms. The van der Waals surface area contributed by atoms with Crippen LogP contribution in [-0.4, -0.2) is 12.5 Å². The van der Waals surface area contributed by atoms with E-state index in [2.05, 4.69) is 11.4 Å². The summed E-state index contributed by atoms with van der Waals surface area (Å²) in [5, 5.41) is 2.80. The molecular weight excluding hydrogens is 176 g/mol. The fraction of sp³-hybridized carbons (Fsp3) is 0.364. The molecule has 2 rings (SSSR count). The van der Waals surface area contributed by atoms with E-state index < -0.39 is 0 Å². The average Bonchev–Trinajstić information content (AvgIpc) is 2.57. The number of amides is 1. The third-order valence-corrected chi connectivity index (χ3v) is 2.53. The molecule has 3 heteroatoms. The zero-order chi connectivity index (χ0) is 9.97. The predicted octanol–water partition coefficient (Wildman–Crippen LogP) is 0.821. The molecule has 0 spiro atoms. The van der Waals surface area contributed by atoms with E-state index in [4.69, 9.17) is 5.73 Å². The Morgan fingerprint density at radius 1 is 1.43 bits per heavy atom. The van der Waals surface area contributed by atoms with Gasteiger partial charge in [0.2, 0.25) is 0 Å². The lowest BCUT2D eigenvalue weighted by Gasteiger charge is -2.01. The molecular formula is C11H14N2O. The van der Waals surface area contributed by atoms with Gasteiger partial charge in [-0.2, -0.15) is 0 Å². The summed E-state index contributed by atoms with van der Waals surface area (Å²) >= 11 is 0. The maximum absolute atomic E-state index is 11.4. The van der Waals surface area contributed by atoms with Gasteiger partial charge < -0.3 is 11.1 Å². The van der Waals surface area contributed by atoms with Crippen LogP contribution in [0.15, 0.2) is 18.2 Å². The van der Waals surface area contributed by atoms with E-state index in [1.54, 1.807) is 0 Å². The van der Waals surface area contributed by atoms with Gasteiger partial charge in [0.25, 0.3) is 5.91 Å². The van der Waals surface area contributed by atoms with Crippen molar-refractivity contribution in [1.29, 1.82) is 0 Å². The topological polar surface area (TPSA) is 55.1 Å². The maximum Gasteiger partial charge on any atom is 0.251 e. The van der Waals surface area contributed by atoms with Gasteiger partial charge in [0.05, 0.1) is 0 Å². The van der Waals surface area contributed by atoms with Crippen LogP contribution in [0.1, 0.15) is 27.9 Å². The lowest BCUT2D eigenvalue weighted by atomic mass is 10.0. The monoisotopic (exact) mass is 190 g/mol. The van der Waals surface area contributed by atoms with E-state index >= 15 is 0 Å². The van der Waals surface area contributed by atoms with Crippen molar-refractivity contribution in [3.63, 3.8) is 0 Å². The molecule has 3 nitrogen and oxygen atoms in total. The molecule has 14 heavy (non-hydrogen) atoms. The van der Waals surface area contributed by atoms with Crippen molar-refractivity contribution in [2.45, 2.75) is 19.4 Å². The number of fused-ring (bicyclic) bond motifs is 1. The number of hydrogen-bond acceptors (Lipinski definition) is 2. The molecule has 3 N–H and O–H groups in total. The van der Waals surface area contributed by atoms with Crippen LogP contribution in [0.5, 0.6) is 0 Å². The Hall–Kier alpha value is -1.35. The minimum absolute atomic E-state index is 0.0506. The molecule has 0 saturated heterocycles. The molecule has 74 valence electrons. The fourth-order valence-electron chi connectivity index (χ4n) is 1.72. The number of carbonyl (C=O) groups excluding carboxylic acids is 1. The van der Waals surface area contributed by atoms with Gasteiger partial charge in [0.15, 0.2) is 0 Å². The van der Waals surface area contributed by atoms with Crippen LogP contribution in [0.4, 0.5) is 0 Å². The van der Waals surface area contributed by atoms with Crippen LogP contribution in [0, 0.1) is 0 Å². The van der Waals surface area contributed by atoms with Crippen LogP contribution in [-0.2, 0) is 13.0 Å². The van der Waals surface area contributed by atoms with Gasteiger partial charge in [0, 0.05) is 12.1 Å². The normalized spacial score (nSPS) is 13.9. The van der Waals surface area contributed by atoms with Crippen LogP contribution >= 0.6 is 0 Å². The van der Waals surface area contributed by atoms with Crippen molar-refractivity contribution in [1.82, 2.24) is 5.32 Å². The summed E-state index contributed by atoms with van der Waals surface area (Å²) in [5.41, 5.74) is 8.57. The van der Waals surface area contributed by atoms with Crippen molar-refractivity contribution >= 4 is 5.91 Å². The second kappa shape index (κ2) is 3.80. The second-order valence-corrected chi connectivity index (χ2v) is 3.57. The average molecular weight is 190 g/mol. The van der Waals surface area contributed by atoms with Crippen LogP contribution in [0.3, 0.4) is 0 Å². The number of rotatable bonds is 3. The van der Waals surface area contributed by atoms with Gasteiger partial charge >= 0.3 is 0 Å². The smallest absolute Gasteiger partial charge is 0.251 e. The number of hydrogen-bond donors (Lipinski definition) is 2. The van der Waals surface area contributed by atoms with E-state index in [1.165, 1.54) is 5.56 Å². The molecule has 1 amide bonds. The van der Waals surface area contributed by atoms with E-state index in [-0.39, 0.29) is 5.91 Å². The highest BCUT2D eigenvalue weighted by Crippen LogP contribution is 2.17. The van der Waals surface area contributed by atoms with E-state index in [0.717, 1.165) is 24.0 Å².